The third-order valence-electron chi connectivity index (χ3n) is 3.53. The molecule has 0 atom stereocenters. The van der Waals surface area contributed by atoms with Gasteiger partial charge in [0.05, 0.1) is 6.54 Å². The first-order valence-corrected chi connectivity index (χ1v) is 6.75. The molecule has 1 N–H and O–H groups in total. The summed E-state index contributed by atoms with van der Waals surface area (Å²) in [6.45, 7) is 2.16. The summed E-state index contributed by atoms with van der Waals surface area (Å²) < 4.78 is 37.3. The van der Waals surface area contributed by atoms with Gasteiger partial charge in [-0.1, -0.05) is 0 Å². The number of halogens is 3. The molecule has 0 unspecified atom stereocenters. The van der Waals surface area contributed by atoms with Crippen LogP contribution < -0.4 is 5.32 Å². The van der Waals surface area contributed by atoms with E-state index in [9.17, 15) is 18.0 Å². The lowest BCUT2D eigenvalue weighted by Crippen LogP contribution is -2.47. The molecule has 2 aliphatic rings. The Labute approximate surface area is 110 Å². The van der Waals surface area contributed by atoms with E-state index in [0.29, 0.717) is 13.1 Å². The van der Waals surface area contributed by atoms with Gasteiger partial charge < -0.3 is 10.2 Å². The van der Waals surface area contributed by atoms with E-state index in [1.807, 2.05) is 0 Å². The molecule has 1 saturated carbocycles. The van der Waals surface area contributed by atoms with Crippen molar-refractivity contribution in [3.8, 4) is 0 Å². The summed E-state index contributed by atoms with van der Waals surface area (Å²) in [5, 5.41) is 3.14. The molecule has 19 heavy (non-hydrogen) atoms. The maximum atomic E-state index is 12.4. The number of piperazine rings is 1. The molecule has 0 bridgehead atoms. The molecule has 0 aromatic carbocycles. The van der Waals surface area contributed by atoms with Gasteiger partial charge in [0.2, 0.25) is 5.91 Å². The van der Waals surface area contributed by atoms with Gasteiger partial charge in [-0.05, 0) is 12.8 Å². The second-order valence-corrected chi connectivity index (χ2v) is 5.20. The van der Waals surface area contributed by atoms with Gasteiger partial charge in [0.15, 0.2) is 0 Å². The van der Waals surface area contributed by atoms with Gasteiger partial charge in [-0.25, -0.2) is 0 Å². The van der Waals surface area contributed by atoms with Gasteiger partial charge in [0, 0.05) is 45.2 Å². The van der Waals surface area contributed by atoms with Crippen molar-refractivity contribution >= 4 is 5.91 Å². The Morgan fingerprint density at radius 1 is 1.26 bits per heavy atom. The number of nitrogens with one attached hydrogen (secondary N) is 1. The van der Waals surface area contributed by atoms with E-state index in [2.05, 4.69) is 5.32 Å². The molecule has 1 aliphatic carbocycles. The molecule has 7 heteroatoms. The van der Waals surface area contributed by atoms with Crippen molar-refractivity contribution in [2.24, 2.45) is 0 Å². The maximum Gasteiger partial charge on any atom is 0.401 e. The normalized spacial score (nSPS) is 20.9. The first-order chi connectivity index (χ1) is 8.96. The molecule has 1 heterocycles. The maximum absolute atomic E-state index is 12.4. The summed E-state index contributed by atoms with van der Waals surface area (Å²) in [6.07, 6.45) is -2.36. The molecule has 2 rings (SSSR count). The third-order valence-corrected chi connectivity index (χ3v) is 3.53. The monoisotopic (exact) mass is 279 g/mol. The Balaban J connectivity index is 1.76. The van der Waals surface area contributed by atoms with Crippen molar-refractivity contribution in [2.45, 2.75) is 31.5 Å². The number of alkyl halides is 3. The highest BCUT2D eigenvalue weighted by atomic mass is 19.4. The Kier molecular flexibility index (Phi) is 4.67. The van der Waals surface area contributed by atoms with Crippen molar-refractivity contribution in [3.63, 3.8) is 0 Å². The van der Waals surface area contributed by atoms with Gasteiger partial charge in [-0.3, -0.25) is 9.69 Å². The molecule has 4 nitrogen and oxygen atoms in total. The van der Waals surface area contributed by atoms with E-state index in [-0.39, 0.29) is 24.9 Å². The largest absolute Gasteiger partial charge is 0.401 e. The van der Waals surface area contributed by atoms with E-state index < -0.39 is 12.7 Å². The van der Waals surface area contributed by atoms with Crippen LogP contribution in [0.2, 0.25) is 0 Å². The zero-order valence-electron chi connectivity index (χ0n) is 10.9. The molecule has 1 aliphatic heterocycles. The zero-order chi connectivity index (χ0) is 13.9. The third kappa shape index (κ3) is 4.99. The van der Waals surface area contributed by atoms with E-state index >= 15 is 0 Å². The van der Waals surface area contributed by atoms with Gasteiger partial charge >= 0.3 is 6.18 Å². The van der Waals surface area contributed by atoms with Crippen molar-refractivity contribution in [1.29, 1.82) is 0 Å². The van der Waals surface area contributed by atoms with Crippen molar-refractivity contribution in [1.82, 2.24) is 15.1 Å². The molecule has 0 aromatic heterocycles. The van der Waals surface area contributed by atoms with E-state index in [0.717, 1.165) is 25.9 Å². The molecule has 110 valence electrons. The lowest BCUT2D eigenvalue weighted by atomic mass is 10.3. The number of carbonyl (C=O) groups is 1. The van der Waals surface area contributed by atoms with Crippen LogP contribution in [0.25, 0.3) is 0 Å². The predicted molar refractivity (Wildman–Crippen MR) is 64.7 cm³/mol. The topological polar surface area (TPSA) is 35.6 Å². The summed E-state index contributed by atoms with van der Waals surface area (Å²) in [4.78, 5) is 15.0. The van der Waals surface area contributed by atoms with Crippen molar-refractivity contribution in [2.75, 3.05) is 39.3 Å². The van der Waals surface area contributed by atoms with Crippen LogP contribution in [0, 0.1) is 0 Å². The van der Waals surface area contributed by atoms with E-state index in [4.69, 9.17) is 0 Å². The number of rotatable bonds is 5. The standard InChI is InChI=1S/C12H20F3N3O/c13-12(14,15)9-18(10-1-2-10)6-3-11(19)17-7-4-16-5-8-17/h10,16H,1-9H2. The Bertz CT molecular complexity index is 312. The SMILES string of the molecule is O=C(CCN(CC(F)(F)F)C1CC1)N1CCNCC1. The lowest BCUT2D eigenvalue weighted by Gasteiger charge is -2.29. The quantitative estimate of drug-likeness (QED) is 0.810. The van der Waals surface area contributed by atoms with Crippen LogP contribution in [0.5, 0.6) is 0 Å². The fourth-order valence-corrected chi connectivity index (χ4v) is 2.37. The molecular formula is C12H20F3N3O. The average molecular weight is 279 g/mol. The van der Waals surface area contributed by atoms with Crippen LogP contribution in [0.15, 0.2) is 0 Å². The van der Waals surface area contributed by atoms with Crippen LogP contribution in [0.3, 0.4) is 0 Å². The second-order valence-electron chi connectivity index (χ2n) is 5.20. The van der Waals surface area contributed by atoms with Gasteiger partial charge in [0.1, 0.15) is 0 Å². The fourth-order valence-electron chi connectivity index (χ4n) is 2.37. The second kappa shape index (κ2) is 6.09. The summed E-state index contributed by atoms with van der Waals surface area (Å²) in [5.74, 6) is -0.0330. The molecular weight excluding hydrogens is 259 g/mol. The zero-order valence-corrected chi connectivity index (χ0v) is 10.9. The highest BCUT2D eigenvalue weighted by Gasteiger charge is 2.38. The van der Waals surface area contributed by atoms with Crippen LogP contribution in [0.1, 0.15) is 19.3 Å². The number of hydrogen-bond acceptors (Lipinski definition) is 3. The molecule has 0 spiro atoms. The smallest absolute Gasteiger partial charge is 0.340 e. The first kappa shape index (κ1) is 14.6. The molecule has 0 aromatic rings. The van der Waals surface area contributed by atoms with Gasteiger partial charge in [0.25, 0.3) is 0 Å². The number of hydrogen-bond donors (Lipinski definition) is 1. The highest BCUT2D eigenvalue weighted by Crippen LogP contribution is 2.30. The summed E-state index contributed by atoms with van der Waals surface area (Å²) in [6, 6.07) is 0.0254. The molecule has 1 amide bonds. The van der Waals surface area contributed by atoms with E-state index in [1.165, 1.54) is 4.90 Å². The Hall–Kier alpha value is -0.820. The van der Waals surface area contributed by atoms with E-state index in [1.54, 1.807) is 4.90 Å². The predicted octanol–water partition coefficient (Wildman–Crippen LogP) is 0.835. The van der Waals surface area contributed by atoms with Crippen LogP contribution in [-0.4, -0.2) is 67.2 Å². The first-order valence-electron chi connectivity index (χ1n) is 6.75. The molecule has 0 radical (unpaired) electrons. The molecule has 1 saturated heterocycles. The summed E-state index contributed by atoms with van der Waals surface area (Å²) in [7, 11) is 0. The fraction of sp³-hybridized carbons (Fsp3) is 0.917. The number of nitrogens with zero attached hydrogens (tertiary/aromatic N) is 2. The Morgan fingerprint density at radius 3 is 2.42 bits per heavy atom. The van der Waals surface area contributed by atoms with Crippen molar-refractivity contribution in [3.05, 3.63) is 0 Å². The van der Waals surface area contributed by atoms with Gasteiger partial charge in [-0.15, -0.1) is 0 Å². The van der Waals surface area contributed by atoms with Crippen molar-refractivity contribution < 1.29 is 18.0 Å². The van der Waals surface area contributed by atoms with Crippen LogP contribution >= 0.6 is 0 Å². The Morgan fingerprint density at radius 2 is 1.89 bits per heavy atom. The lowest BCUT2D eigenvalue weighted by molar-refractivity contribution is -0.149. The minimum Gasteiger partial charge on any atom is -0.340 e. The minimum absolute atomic E-state index is 0.0254. The average Bonchev–Trinajstić information content (AvgIpc) is 3.18. The number of carbonyl (C=O) groups excluding carboxylic acids is 1. The van der Waals surface area contributed by atoms with Crippen LogP contribution in [0.4, 0.5) is 13.2 Å². The highest BCUT2D eigenvalue weighted by molar-refractivity contribution is 5.76. The van der Waals surface area contributed by atoms with Gasteiger partial charge in [-0.2, -0.15) is 13.2 Å². The molecule has 2 fully saturated rings. The summed E-state index contributed by atoms with van der Waals surface area (Å²) >= 11 is 0. The number of amides is 1. The summed E-state index contributed by atoms with van der Waals surface area (Å²) in [5.41, 5.74) is 0. The minimum atomic E-state index is -4.18. The van der Waals surface area contributed by atoms with Crippen LogP contribution in [-0.2, 0) is 4.79 Å².